The molecule has 1 fully saturated rings. The lowest BCUT2D eigenvalue weighted by Gasteiger charge is -2.28. The van der Waals surface area contributed by atoms with Crippen molar-refractivity contribution in [3.8, 4) is 5.75 Å². The minimum atomic E-state index is -0.0866. The van der Waals surface area contributed by atoms with E-state index in [9.17, 15) is 4.79 Å². The topological polar surface area (TPSA) is 62.8 Å². The van der Waals surface area contributed by atoms with Crippen LogP contribution in [0.2, 0.25) is 0 Å². The summed E-state index contributed by atoms with van der Waals surface area (Å²) in [5, 5.41) is 6.06. The van der Waals surface area contributed by atoms with Crippen LogP contribution in [0.3, 0.4) is 0 Å². The molecule has 0 aliphatic carbocycles. The Morgan fingerprint density at radius 2 is 1.79 bits per heavy atom. The van der Waals surface area contributed by atoms with Gasteiger partial charge in [0.2, 0.25) is 5.91 Å². The average molecular weight is 383 g/mol. The van der Waals surface area contributed by atoms with Crippen LogP contribution < -0.4 is 20.3 Å². The van der Waals surface area contributed by atoms with Gasteiger partial charge in [0.15, 0.2) is 0 Å². The van der Waals surface area contributed by atoms with Crippen LogP contribution >= 0.6 is 0 Å². The lowest BCUT2D eigenvalue weighted by Crippen LogP contribution is -2.29. The van der Waals surface area contributed by atoms with Gasteiger partial charge in [0, 0.05) is 43.3 Å². The van der Waals surface area contributed by atoms with E-state index in [1.165, 1.54) is 24.9 Å². The van der Waals surface area contributed by atoms with Crippen molar-refractivity contribution in [2.75, 3.05) is 55.5 Å². The Labute approximate surface area is 166 Å². The Morgan fingerprint density at radius 1 is 1.00 bits per heavy atom. The molecule has 0 unspecified atom stereocenters. The van der Waals surface area contributed by atoms with Crippen LogP contribution in [0.25, 0.3) is 0 Å². The summed E-state index contributed by atoms with van der Waals surface area (Å²) in [6, 6.07) is 15.6. The standard InChI is InChI=1S/C22H29N3O3/c1-27-14-15-28-21-7-5-6-19(16-21)23-17-22(26)24-18-8-10-20(11-9-18)25-12-3-2-4-13-25/h5-11,16,23H,2-4,12-15,17H2,1H3,(H,24,26). The third kappa shape index (κ3) is 6.16. The summed E-state index contributed by atoms with van der Waals surface area (Å²) in [7, 11) is 1.64. The van der Waals surface area contributed by atoms with Crippen LogP contribution in [0, 0.1) is 0 Å². The van der Waals surface area contributed by atoms with Gasteiger partial charge in [-0.15, -0.1) is 0 Å². The molecular formula is C22H29N3O3. The molecule has 6 nitrogen and oxygen atoms in total. The van der Waals surface area contributed by atoms with Crippen LogP contribution in [0.15, 0.2) is 48.5 Å². The molecule has 2 aromatic carbocycles. The fourth-order valence-electron chi connectivity index (χ4n) is 3.23. The first kappa shape index (κ1) is 20.0. The number of rotatable bonds is 9. The molecule has 0 atom stereocenters. The summed E-state index contributed by atoms with van der Waals surface area (Å²) in [5.74, 6) is 0.659. The molecule has 1 aliphatic rings. The van der Waals surface area contributed by atoms with E-state index < -0.39 is 0 Å². The molecule has 3 rings (SSSR count). The van der Waals surface area contributed by atoms with Crippen molar-refractivity contribution in [3.05, 3.63) is 48.5 Å². The summed E-state index contributed by atoms with van der Waals surface area (Å²) in [6.45, 7) is 3.45. The minimum Gasteiger partial charge on any atom is -0.491 e. The van der Waals surface area contributed by atoms with Crippen LogP contribution in [0.1, 0.15) is 19.3 Å². The number of amides is 1. The molecule has 0 bridgehead atoms. The maximum atomic E-state index is 12.2. The van der Waals surface area contributed by atoms with Gasteiger partial charge < -0.3 is 25.0 Å². The Hall–Kier alpha value is -2.73. The number of ether oxygens (including phenoxy) is 2. The molecule has 6 heteroatoms. The average Bonchev–Trinajstić information content (AvgIpc) is 2.74. The number of benzene rings is 2. The van der Waals surface area contributed by atoms with Gasteiger partial charge >= 0.3 is 0 Å². The van der Waals surface area contributed by atoms with Gasteiger partial charge in [-0.25, -0.2) is 0 Å². The molecule has 2 N–H and O–H groups in total. The molecule has 0 aromatic heterocycles. The molecule has 0 spiro atoms. The molecule has 1 heterocycles. The predicted octanol–water partition coefficient (Wildman–Crippen LogP) is 3.75. The third-order valence-electron chi connectivity index (χ3n) is 4.72. The largest absolute Gasteiger partial charge is 0.491 e. The van der Waals surface area contributed by atoms with Gasteiger partial charge in [-0.3, -0.25) is 4.79 Å². The molecule has 2 aromatic rings. The predicted molar refractivity (Wildman–Crippen MR) is 113 cm³/mol. The maximum Gasteiger partial charge on any atom is 0.243 e. The van der Waals surface area contributed by atoms with Crippen molar-refractivity contribution in [1.82, 2.24) is 0 Å². The minimum absolute atomic E-state index is 0.0866. The van der Waals surface area contributed by atoms with Crippen molar-refractivity contribution in [3.63, 3.8) is 0 Å². The highest BCUT2D eigenvalue weighted by Crippen LogP contribution is 2.22. The summed E-state index contributed by atoms with van der Waals surface area (Å²) < 4.78 is 10.6. The Kier molecular flexibility index (Phi) is 7.55. The van der Waals surface area contributed by atoms with E-state index in [-0.39, 0.29) is 12.5 Å². The molecule has 150 valence electrons. The first-order chi connectivity index (χ1) is 13.7. The Bertz CT molecular complexity index is 743. The van der Waals surface area contributed by atoms with Gasteiger partial charge in [0.1, 0.15) is 12.4 Å². The second-order valence-electron chi connectivity index (χ2n) is 6.87. The second kappa shape index (κ2) is 10.6. The molecule has 0 saturated carbocycles. The SMILES string of the molecule is COCCOc1cccc(NCC(=O)Nc2ccc(N3CCCCC3)cc2)c1. The molecule has 1 amide bonds. The first-order valence-corrected chi connectivity index (χ1v) is 9.85. The number of anilines is 3. The van der Waals surface area contributed by atoms with Gasteiger partial charge in [-0.05, 0) is 55.7 Å². The number of nitrogens with one attached hydrogen (secondary N) is 2. The van der Waals surface area contributed by atoms with Crippen molar-refractivity contribution in [2.24, 2.45) is 0 Å². The normalized spacial score (nSPS) is 13.8. The molecule has 1 aliphatic heterocycles. The number of hydrogen-bond acceptors (Lipinski definition) is 5. The summed E-state index contributed by atoms with van der Waals surface area (Å²) in [5.41, 5.74) is 2.87. The molecular weight excluding hydrogens is 354 g/mol. The fourth-order valence-corrected chi connectivity index (χ4v) is 3.23. The van der Waals surface area contributed by atoms with E-state index in [4.69, 9.17) is 9.47 Å². The zero-order valence-corrected chi connectivity index (χ0v) is 16.4. The van der Waals surface area contributed by atoms with Gasteiger partial charge in [0.05, 0.1) is 13.2 Å². The van der Waals surface area contributed by atoms with Crippen LogP contribution in [0.5, 0.6) is 5.75 Å². The van der Waals surface area contributed by atoms with E-state index in [2.05, 4.69) is 27.7 Å². The molecule has 28 heavy (non-hydrogen) atoms. The number of piperidine rings is 1. The monoisotopic (exact) mass is 383 g/mol. The van der Waals surface area contributed by atoms with E-state index in [1.54, 1.807) is 7.11 Å². The van der Waals surface area contributed by atoms with E-state index in [0.717, 1.165) is 30.2 Å². The molecule has 0 radical (unpaired) electrons. The van der Waals surface area contributed by atoms with Crippen LogP contribution in [0.4, 0.5) is 17.1 Å². The summed E-state index contributed by atoms with van der Waals surface area (Å²) in [4.78, 5) is 14.6. The zero-order valence-electron chi connectivity index (χ0n) is 16.4. The number of carbonyl (C=O) groups excluding carboxylic acids is 1. The highest BCUT2D eigenvalue weighted by molar-refractivity contribution is 5.93. The summed E-state index contributed by atoms with van der Waals surface area (Å²) >= 11 is 0. The highest BCUT2D eigenvalue weighted by Gasteiger charge is 2.11. The van der Waals surface area contributed by atoms with Crippen LogP contribution in [-0.2, 0) is 9.53 Å². The highest BCUT2D eigenvalue weighted by atomic mass is 16.5. The smallest absolute Gasteiger partial charge is 0.243 e. The van der Waals surface area contributed by atoms with E-state index >= 15 is 0 Å². The van der Waals surface area contributed by atoms with E-state index in [0.29, 0.717) is 13.2 Å². The number of carbonyl (C=O) groups is 1. The second-order valence-corrected chi connectivity index (χ2v) is 6.87. The van der Waals surface area contributed by atoms with Crippen molar-refractivity contribution < 1.29 is 14.3 Å². The summed E-state index contributed by atoms with van der Waals surface area (Å²) in [6.07, 6.45) is 3.82. The van der Waals surface area contributed by atoms with E-state index in [1.807, 2.05) is 36.4 Å². The maximum absolute atomic E-state index is 12.2. The van der Waals surface area contributed by atoms with Crippen LogP contribution in [-0.4, -0.2) is 45.9 Å². The molecule has 1 saturated heterocycles. The Balaban J connectivity index is 1.45. The van der Waals surface area contributed by atoms with Gasteiger partial charge in [-0.1, -0.05) is 6.07 Å². The lowest BCUT2D eigenvalue weighted by molar-refractivity contribution is -0.114. The fraction of sp³-hybridized carbons (Fsp3) is 0.409. The van der Waals surface area contributed by atoms with Gasteiger partial charge in [0.25, 0.3) is 0 Å². The third-order valence-corrected chi connectivity index (χ3v) is 4.72. The Morgan fingerprint density at radius 3 is 2.54 bits per heavy atom. The number of hydrogen-bond donors (Lipinski definition) is 2. The van der Waals surface area contributed by atoms with Gasteiger partial charge in [-0.2, -0.15) is 0 Å². The van der Waals surface area contributed by atoms with Crippen molar-refractivity contribution in [2.45, 2.75) is 19.3 Å². The number of methoxy groups -OCH3 is 1. The lowest BCUT2D eigenvalue weighted by atomic mass is 10.1. The number of nitrogens with zero attached hydrogens (tertiary/aromatic N) is 1. The first-order valence-electron chi connectivity index (χ1n) is 9.85. The quantitative estimate of drug-likeness (QED) is 0.646. The zero-order chi connectivity index (χ0) is 19.6. The van der Waals surface area contributed by atoms with Crippen molar-refractivity contribution in [1.29, 1.82) is 0 Å². The van der Waals surface area contributed by atoms with Crippen molar-refractivity contribution >= 4 is 23.0 Å².